The quantitative estimate of drug-likeness (QED) is 0.837. The van der Waals surface area contributed by atoms with Gasteiger partial charge < -0.3 is 11.1 Å². The van der Waals surface area contributed by atoms with Gasteiger partial charge in [0.05, 0.1) is 11.1 Å². The summed E-state index contributed by atoms with van der Waals surface area (Å²) in [6.07, 6.45) is -10.0. The van der Waals surface area contributed by atoms with Crippen LogP contribution in [0.2, 0.25) is 0 Å². The third-order valence-corrected chi connectivity index (χ3v) is 2.81. The third-order valence-electron chi connectivity index (χ3n) is 2.81. The zero-order valence-electron chi connectivity index (χ0n) is 11.7. The molecule has 0 fully saturated rings. The van der Waals surface area contributed by atoms with Crippen molar-refractivity contribution in [1.29, 1.82) is 0 Å². The van der Waals surface area contributed by atoms with Crippen molar-refractivity contribution in [3.8, 4) is 0 Å². The Hall–Kier alpha value is -1.77. The van der Waals surface area contributed by atoms with Gasteiger partial charge in [-0.3, -0.25) is 4.79 Å². The first-order chi connectivity index (χ1) is 9.76. The van der Waals surface area contributed by atoms with Gasteiger partial charge in [-0.05, 0) is 32.0 Å². The van der Waals surface area contributed by atoms with E-state index < -0.39 is 40.5 Å². The molecule has 3 nitrogen and oxygen atoms in total. The average Bonchev–Trinajstić information content (AvgIpc) is 2.35. The fraction of sp³-hybridized carbons (Fsp3) is 0.462. The van der Waals surface area contributed by atoms with Crippen LogP contribution in [0.5, 0.6) is 0 Å². The summed E-state index contributed by atoms with van der Waals surface area (Å²) in [5, 5.41) is 2.28. The van der Waals surface area contributed by atoms with E-state index in [1.165, 1.54) is 13.8 Å². The predicted octanol–water partition coefficient (Wildman–Crippen LogP) is 3.19. The summed E-state index contributed by atoms with van der Waals surface area (Å²) in [6.45, 7) is 2.94. The number of alkyl halides is 6. The lowest BCUT2D eigenvalue weighted by molar-refractivity contribution is -0.143. The second-order valence-electron chi connectivity index (χ2n) is 5.34. The monoisotopic (exact) mass is 328 g/mol. The van der Waals surface area contributed by atoms with Gasteiger partial charge in [0.1, 0.15) is 0 Å². The molecule has 22 heavy (non-hydrogen) atoms. The van der Waals surface area contributed by atoms with E-state index >= 15 is 0 Å². The highest BCUT2D eigenvalue weighted by Gasteiger charge is 2.37. The summed E-state index contributed by atoms with van der Waals surface area (Å²) < 4.78 is 76.1. The minimum Gasteiger partial charge on any atom is -0.346 e. The summed E-state index contributed by atoms with van der Waals surface area (Å²) in [5.41, 5.74) is 0.568. The molecule has 1 aromatic rings. The topological polar surface area (TPSA) is 55.1 Å². The number of nitrogens with one attached hydrogen (secondary N) is 1. The fourth-order valence-corrected chi connectivity index (χ4v) is 1.52. The molecule has 0 aliphatic carbocycles. The lowest BCUT2D eigenvalue weighted by Crippen LogP contribution is -2.48. The Morgan fingerprint density at radius 2 is 1.41 bits per heavy atom. The number of benzene rings is 1. The van der Waals surface area contributed by atoms with Crippen molar-refractivity contribution in [3.63, 3.8) is 0 Å². The van der Waals surface area contributed by atoms with E-state index in [1.54, 1.807) is 0 Å². The van der Waals surface area contributed by atoms with Crippen LogP contribution in [0, 0.1) is 0 Å². The molecule has 0 atom stereocenters. The number of hydrogen-bond acceptors (Lipinski definition) is 2. The van der Waals surface area contributed by atoms with Crippen LogP contribution < -0.4 is 11.1 Å². The largest absolute Gasteiger partial charge is 0.416 e. The second kappa shape index (κ2) is 5.79. The van der Waals surface area contributed by atoms with Crippen LogP contribution in [-0.4, -0.2) is 18.0 Å². The van der Waals surface area contributed by atoms with Gasteiger partial charge in [0.2, 0.25) is 0 Å². The zero-order valence-corrected chi connectivity index (χ0v) is 11.7. The predicted molar refractivity (Wildman–Crippen MR) is 67.0 cm³/mol. The molecule has 0 aromatic heterocycles. The number of rotatable bonds is 3. The smallest absolute Gasteiger partial charge is 0.346 e. The van der Waals surface area contributed by atoms with Crippen LogP contribution in [0.1, 0.15) is 35.3 Å². The number of carbonyl (C=O) groups is 1. The normalized spacial score (nSPS) is 13.1. The first-order valence-corrected chi connectivity index (χ1v) is 6.08. The molecule has 9 heteroatoms. The van der Waals surface area contributed by atoms with Gasteiger partial charge in [-0.1, -0.05) is 0 Å². The van der Waals surface area contributed by atoms with E-state index in [0.29, 0.717) is 12.1 Å². The van der Waals surface area contributed by atoms with E-state index in [1.807, 2.05) is 0 Å². The molecule has 1 aromatic carbocycles. The van der Waals surface area contributed by atoms with E-state index in [-0.39, 0.29) is 12.6 Å². The van der Waals surface area contributed by atoms with Gasteiger partial charge >= 0.3 is 12.4 Å². The van der Waals surface area contributed by atoms with Crippen molar-refractivity contribution in [1.82, 2.24) is 5.32 Å². The molecule has 0 unspecified atom stereocenters. The Kier molecular flexibility index (Phi) is 4.81. The highest BCUT2D eigenvalue weighted by Crippen LogP contribution is 2.36. The average molecular weight is 328 g/mol. The Labute approximate surface area is 122 Å². The molecule has 0 aliphatic heterocycles. The van der Waals surface area contributed by atoms with Gasteiger partial charge in [-0.2, -0.15) is 26.3 Å². The molecule has 0 spiro atoms. The summed E-state index contributed by atoms with van der Waals surface area (Å²) in [7, 11) is 0. The van der Waals surface area contributed by atoms with E-state index in [0.717, 1.165) is 0 Å². The van der Waals surface area contributed by atoms with Crippen molar-refractivity contribution in [3.05, 3.63) is 34.9 Å². The Balaban J connectivity index is 3.33. The number of nitrogens with two attached hydrogens (primary N) is 1. The highest BCUT2D eigenvalue weighted by molar-refractivity contribution is 5.95. The lowest BCUT2D eigenvalue weighted by atomic mass is 10.0. The maximum atomic E-state index is 12.7. The van der Waals surface area contributed by atoms with Crippen LogP contribution in [0.15, 0.2) is 18.2 Å². The third kappa shape index (κ3) is 4.62. The minimum absolute atomic E-state index is 0.0369. The molecule has 0 radical (unpaired) electrons. The van der Waals surface area contributed by atoms with Crippen molar-refractivity contribution in [2.45, 2.75) is 31.7 Å². The SMILES string of the molecule is CC(C)(CN)NC(=O)c1cc(C(F)(F)F)cc(C(F)(F)F)c1. The number of carbonyl (C=O) groups excluding carboxylic acids is 1. The Bertz CT molecular complexity index is 530. The fourth-order valence-electron chi connectivity index (χ4n) is 1.52. The Morgan fingerprint density at radius 3 is 1.73 bits per heavy atom. The van der Waals surface area contributed by atoms with Gasteiger partial charge in [0.15, 0.2) is 0 Å². The van der Waals surface area contributed by atoms with Crippen molar-refractivity contribution >= 4 is 5.91 Å². The summed E-state index contributed by atoms with van der Waals surface area (Å²) in [4.78, 5) is 11.9. The van der Waals surface area contributed by atoms with E-state index in [9.17, 15) is 31.1 Å². The number of amides is 1. The second-order valence-corrected chi connectivity index (χ2v) is 5.34. The summed E-state index contributed by atoms with van der Waals surface area (Å²) in [5.74, 6) is -1.06. The van der Waals surface area contributed by atoms with E-state index in [4.69, 9.17) is 5.73 Å². The molecule has 0 saturated carbocycles. The summed E-state index contributed by atoms with van der Waals surface area (Å²) >= 11 is 0. The molecule has 0 saturated heterocycles. The highest BCUT2D eigenvalue weighted by atomic mass is 19.4. The van der Waals surface area contributed by atoms with Gasteiger partial charge in [0, 0.05) is 17.6 Å². The Morgan fingerprint density at radius 1 is 1.00 bits per heavy atom. The van der Waals surface area contributed by atoms with Crippen LogP contribution in [0.25, 0.3) is 0 Å². The molecule has 0 bridgehead atoms. The maximum Gasteiger partial charge on any atom is 0.416 e. The molecule has 1 rings (SSSR count). The number of hydrogen-bond donors (Lipinski definition) is 2. The molecule has 3 N–H and O–H groups in total. The van der Waals surface area contributed by atoms with Crippen molar-refractivity contribution in [2.24, 2.45) is 5.73 Å². The van der Waals surface area contributed by atoms with Gasteiger partial charge in [0.25, 0.3) is 5.91 Å². The van der Waals surface area contributed by atoms with Crippen molar-refractivity contribution in [2.75, 3.05) is 6.54 Å². The first kappa shape index (κ1) is 18.3. The minimum atomic E-state index is -5.00. The number of halogens is 6. The van der Waals surface area contributed by atoms with Crippen LogP contribution in [0.4, 0.5) is 26.3 Å². The van der Waals surface area contributed by atoms with Crippen LogP contribution in [-0.2, 0) is 12.4 Å². The van der Waals surface area contributed by atoms with Crippen LogP contribution in [0.3, 0.4) is 0 Å². The van der Waals surface area contributed by atoms with Crippen LogP contribution >= 0.6 is 0 Å². The van der Waals surface area contributed by atoms with Gasteiger partial charge in [-0.15, -0.1) is 0 Å². The standard InChI is InChI=1S/C13H14F6N2O/c1-11(2,6-20)21-10(22)7-3-8(12(14,15)16)5-9(4-7)13(17,18)19/h3-5H,6,20H2,1-2H3,(H,21,22). The first-order valence-electron chi connectivity index (χ1n) is 6.08. The molecule has 124 valence electrons. The maximum absolute atomic E-state index is 12.7. The molecular weight excluding hydrogens is 314 g/mol. The molecule has 0 aliphatic rings. The molecule has 0 heterocycles. The van der Waals surface area contributed by atoms with Gasteiger partial charge in [-0.25, -0.2) is 0 Å². The molecule has 1 amide bonds. The molecular formula is C13H14F6N2O. The van der Waals surface area contributed by atoms with E-state index in [2.05, 4.69) is 5.32 Å². The zero-order chi connectivity index (χ0) is 17.3. The lowest BCUT2D eigenvalue weighted by Gasteiger charge is -2.24. The van der Waals surface area contributed by atoms with Crippen molar-refractivity contribution < 1.29 is 31.1 Å². The summed E-state index contributed by atoms with van der Waals surface area (Å²) in [6, 6.07) is 0.708.